The molecule has 0 amide bonds. The van der Waals surface area contributed by atoms with Crippen LogP contribution in [0, 0.1) is 0 Å². The molecule has 19 heavy (non-hydrogen) atoms. The van der Waals surface area contributed by atoms with E-state index in [1.54, 1.807) is 0 Å². The molecule has 1 N–H and O–H groups in total. The molecule has 0 aliphatic heterocycles. The zero-order valence-electron chi connectivity index (χ0n) is 9.58. The molecule has 2 aromatic rings. The molecule has 100 valence electrons. The van der Waals surface area contributed by atoms with E-state index in [0.717, 1.165) is 12.1 Å². The van der Waals surface area contributed by atoms with Crippen molar-refractivity contribution >= 4 is 17.3 Å². The molecular formula is C12H9ClF3N3. The first-order chi connectivity index (χ1) is 8.95. The highest BCUT2D eigenvalue weighted by Crippen LogP contribution is 2.33. The van der Waals surface area contributed by atoms with E-state index < -0.39 is 11.7 Å². The Morgan fingerprint density at radius 3 is 2.58 bits per heavy atom. The molecule has 0 saturated carbocycles. The predicted molar refractivity (Wildman–Crippen MR) is 65.8 cm³/mol. The van der Waals surface area contributed by atoms with Crippen LogP contribution < -0.4 is 5.32 Å². The normalized spacial score (nSPS) is 11.4. The molecule has 0 unspecified atom stereocenters. The molecule has 0 aliphatic rings. The van der Waals surface area contributed by atoms with Crippen LogP contribution in [-0.2, 0) is 12.7 Å². The van der Waals surface area contributed by atoms with Gasteiger partial charge in [-0.25, -0.2) is 0 Å². The number of halogens is 4. The number of hydrogen-bond donors (Lipinski definition) is 1. The molecule has 1 heterocycles. The standard InChI is InChI=1S/C12H9ClF3N3/c13-9-3-8(12(14,15)16)4-10(5-9)19-7-11-6-17-1-2-18-11/h1-6,19H,7H2. The van der Waals surface area contributed by atoms with E-state index in [9.17, 15) is 13.2 Å². The number of anilines is 1. The van der Waals surface area contributed by atoms with Crippen molar-refractivity contribution in [3.63, 3.8) is 0 Å². The van der Waals surface area contributed by atoms with Crippen LogP contribution in [0.3, 0.4) is 0 Å². The molecule has 0 spiro atoms. The van der Waals surface area contributed by atoms with Gasteiger partial charge in [-0.15, -0.1) is 0 Å². The number of alkyl halides is 3. The van der Waals surface area contributed by atoms with Gasteiger partial charge < -0.3 is 5.32 Å². The lowest BCUT2D eigenvalue weighted by Gasteiger charge is -2.11. The van der Waals surface area contributed by atoms with E-state index in [4.69, 9.17) is 11.6 Å². The van der Waals surface area contributed by atoms with Gasteiger partial charge in [0.1, 0.15) is 0 Å². The summed E-state index contributed by atoms with van der Waals surface area (Å²) in [5, 5.41) is 2.85. The highest BCUT2D eigenvalue weighted by Gasteiger charge is 2.31. The molecule has 0 radical (unpaired) electrons. The summed E-state index contributed by atoms with van der Waals surface area (Å²) in [4.78, 5) is 7.87. The minimum atomic E-state index is -4.42. The van der Waals surface area contributed by atoms with Crippen molar-refractivity contribution in [3.8, 4) is 0 Å². The maximum Gasteiger partial charge on any atom is 0.416 e. The predicted octanol–water partition coefficient (Wildman–Crippen LogP) is 3.76. The van der Waals surface area contributed by atoms with E-state index >= 15 is 0 Å². The van der Waals surface area contributed by atoms with Crippen LogP contribution in [0.5, 0.6) is 0 Å². The summed E-state index contributed by atoms with van der Waals surface area (Å²) in [5.74, 6) is 0. The SMILES string of the molecule is FC(F)(F)c1cc(Cl)cc(NCc2cnccn2)c1. The van der Waals surface area contributed by atoms with Crippen LogP contribution in [0.2, 0.25) is 5.02 Å². The summed E-state index contributed by atoms with van der Waals surface area (Å²) in [6.07, 6.45) is 0.136. The zero-order chi connectivity index (χ0) is 13.9. The molecule has 0 fully saturated rings. The molecule has 0 atom stereocenters. The van der Waals surface area contributed by atoms with Gasteiger partial charge in [-0.3, -0.25) is 9.97 Å². The number of hydrogen-bond acceptors (Lipinski definition) is 3. The lowest BCUT2D eigenvalue weighted by molar-refractivity contribution is -0.137. The van der Waals surface area contributed by atoms with Crippen molar-refractivity contribution < 1.29 is 13.2 Å². The van der Waals surface area contributed by atoms with Gasteiger partial charge in [-0.2, -0.15) is 13.2 Å². The molecule has 1 aromatic heterocycles. The Morgan fingerprint density at radius 2 is 1.95 bits per heavy atom. The van der Waals surface area contributed by atoms with Gasteiger partial charge in [0, 0.05) is 23.1 Å². The van der Waals surface area contributed by atoms with Crippen molar-refractivity contribution in [1.29, 1.82) is 0 Å². The topological polar surface area (TPSA) is 37.8 Å². The quantitative estimate of drug-likeness (QED) is 0.934. The molecule has 0 saturated heterocycles. The summed E-state index contributed by atoms with van der Waals surface area (Å²) in [7, 11) is 0. The molecule has 1 aromatic carbocycles. The van der Waals surface area contributed by atoms with E-state index in [-0.39, 0.29) is 17.3 Å². The minimum Gasteiger partial charge on any atom is -0.379 e. The first-order valence-electron chi connectivity index (χ1n) is 5.32. The summed E-state index contributed by atoms with van der Waals surface area (Å²) < 4.78 is 37.8. The van der Waals surface area contributed by atoms with Gasteiger partial charge in [-0.1, -0.05) is 11.6 Å². The third kappa shape index (κ3) is 3.82. The average molecular weight is 288 g/mol. The fourth-order valence-corrected chi connectivity index (χ4v) is 1.70. The van der Waals surface area contributed by atoms with Crippen LogP contribution in [0.15, 0.2) is 36.8 Å². The van der Waals surface area contributed by atoms with E-state index in [2.05, 4.69) is 15.3 Å². The van der Waals surface area contributed by atoms with Crippen LogP contribution in [-0.4, -0.2) is 9.97 Å². The minimum absolute atomic E-state index is 0.0245. The maximum absolute atomic E-state index is 12.6. The maximum atomic E-state index is 12.6. The van der Waals surface area contributed by atoms with Crippen molar-refractivity contribution in [2.45, 2.75) is 12.7 Å². The summed E-state index contributed by atoms with van der Waals surface area (Å²) >= 11 is 5.67. The van der Waals surface area contributed by atoms with E-state index in [0.29, 0.717) is 5.69 Å². The Balaban J connectivity index is 2.15. The van der Waals surface area contributed by atoms with Crippen molar-refractivity contribution in [1.82, 2.24) is 9.97 Å². The Morgan fingerprint density at radius 1 is 1.16 bits per heavy atom. The van der Waals surface area contributed by atoms with Crippen LogP contribution in [0.4, 0.5) is 18.9 Å². The monoisotopic (exact) mass is 287 g/mol. The number of nitrogens with one attached hydrogen (secondary N) is 1. The Labute approximate surface area is 112 Å². The third-order valence-electron chi connectivity index (χ3n) is 2.32. The van der Waals surface area contributed by atoms with Gasteiger partial charge in [0.15, 0.2) is 0 Å². The molecule has 0 bridgehead atoms. The van der Waals surface area contributed by atoms with Gasteiger partial charge in [0.2, 0.25) is 0 Å². The van der Waals surface area contributed by atoms with Crippen LogP contribution >= 0.6 is 11.6 Å². The highest BCUT2D eigenvalue weighted by atomic mass is 35.5. The average Bonchev–Trinajstić information content (AvgIpc) is 2.36. The van der Waals surface area contributed by atoms with Gasteiger partial charge in [0.05, 0.1) is 24.0 Å². The Hall–Kier alpha value is -1.82. The lowest BCUT2D eigenvalue weighted by atomic mass is 10.2. The number of benzene rings is 1. The van der Waals surface area contributed by atoms with E-state index in [1.807, 2.05) is 0 Å². The number of nitrogens with zero attached hydrogens (tertiary/aromatic N) is 2. The third-order valence-corrected chi connectivity index (χ3v) is 2.53. The summed E-state index contributed by atoms with van der Waals surface area (Å²) in [6.45, 7) is 0.269. The van der Waals surface area contributed by atoms with Crippen molar-refractivity contribution in [2.24, 2.45) is 0 Å². The second-order valence-corrected chi connectivity index (χ2v) is 4.21. The Bertz CT molecular complexity index is 558. The van der Waals surface area contributed by atoms with Crippen LogP contribution in [0.25, 0.3) is 0 Å². The fourth-order valence-electron chi connectivity index (χ4n) is 1.47. The van der Waals surface area contributed by atoms with Crippen LogP contribution in [0.1, 0.15) is 11.3 Å². The molecule has 2 rings (SSSR count). The molecule has 7 heteroatoms. The second-order valence-electron chi connectivity index (χ2n) is 3.78. The van der Waals surface area contributed by atoms with Gasteiger partial charge >= 0.3 is 6.18 Å². The lowest BCUT2D eigenvalue weighted by Crippen LogP contribution is -2.07. The first kappa shape index (κ1) is 13.6. The second kappa shape index (κ2) is 5.44. The number of aromatic nitrogens is 2. The van der Waals surface area contributed by atoms with Crippen molar-refractivity contribution in [3.05, 3.63) is 53.1 Å². The largest absolute Gasteiger partial charge is 0.416 e. The van der Waals surface area contributed by atoms with E-state index in [1.165, 1.54) is 24.7 Å². The summed E-state index contributed by atoms with van der Waals surface area (Å²) in [5.41, 5.74) is 0.114. The highest BCUT2D eigenvalue weighted by molar-refractivity contribution is 6.30. The zero-order valence-corrected chi connectivity index (χ0v) is 10.3. The molecular weight excluding hydrogens is 279 g/mol. The molecule has 0 aliphatic carbocycles. The first-order valence-corrected chi connectivity index (χ1v) is 5.69. The number of rotatable bonds is 3. The smallest absolute Gasteiger partial charge is 0.379 e. The van der Waals surface area contributed by atoms with Gasteiger partial charge in [0.25, 0.3) is 0 Å². The van der Waals surface area contributed by atoms with Crippen molar-refractivity contribution in [2.75, 3.05) is 5.32 Å². The van der Waals surface area contributed by atoms with Gasteiger partial charge in [-0.05, 0) is 18.2 Å². The fraction of sp³-hybridized carbons (Fsp3) is 0.167. The molecule has 3 nitrogen and oxygen atoms in total. The summed E-state index contributed by atoms with van der Waals surface area (Å²) in [6, 6.07) is 3.31. The Kier molecular flexibility index (Phi) is 3.90.